The number of carbonyl (C=O) groups is 1. The molecule has 0 fully saturated rings. The van der Waals surface area contributed by atoms with Crippen molar-refractivity contribution in [1.29, 1.82) is 5.26 Å². The Labute approximate surface area is 122 Å². The molecule has 104 valence electrons. The Kier molecular flexibility index (Phi) is 3.57. The third kappa shape index (κ3) is 2.72. The molecule has 0 saturated heterocycles. The van der Waals surface area contributed by atoms with E-state index in [1.807, 2.05) is 18.2 Å². The molecule has 2 aromatic carbocycles. The third-order valence-corrected chi connectivity index (χ3v) is 3.44. The fourth-order valence-electron chi connectivity index (χ4n) is 2.30. The molecule has 0 aliphatic carbocycles. The van der Waals surface area contributed by atoms with E-state index in [0.717, 1.165) is 5.56 Å². The first kappa shape index (κ1) is 13.2. The summed E-state index contributed by atoms with van der Waals surface area (Å²) in [6, 6.07) is 16.6. The van der Waals surface area contributed by atoms with Crippen LogP contribution in [0.25, 0.3) is 0 Å². The molecule has 0 bridgehead atoms. The van der Waals surface area contributed by atoms with Crippen LogP contribution in [0.2, 0.25) is 0 Å². The van der Waals surface area contributed by atoms with Crippen molar-refractivity contribution < 1.29 is 14.3 Å². The molecule has 1 aliphatic heterocycles. The summed E-state index contributed by atoms with van der Waals surface area (Å²) in [5.41, 5.74) is 1.39. The first-order chi connectivity index (χ1) is 10.3. The second-order valence-corrected chi connectivity index (χ2v) is 4.79. The van der Waals surface area contributed by atoms with Crippen LogP contribution in [0.4, 0.5) is 0 Å². The van der Waals surface area contributed by atoms with Crippen LogP contribution in [-0.4, -0.2) is 12.6 Å². The lowest BCUT2D eigenvalue weighted by atomic mass is 9.92. The van der Waals surface area contributed by atoms with E-state index in [1.54, 1.807) is 30.3 Å². The topological polar surface area (TPSA) is 59.3 Å². The second-order valence-electron chi connectivity index (χ2n) is 4.79. The lowest BCUT2D eigenvalue weighted by Gasteiger charge is -2.09. The van der Waals surface area contributed by atoms with Gasteiger partial charge in [-0.1, -0.05) is 36.4 Å². The molecule has 0 aromatic heterocycles. The Bertz CT molecular complexity index is 704. The minimum atomic E-state index is -0.493. The minimum Gasteiger partial charge on any atom is -0.454 e. The summed E-state index contributed by atoms with van der Waals surface area (Å²) in [6.45, 7) is 0.193. The highest BCUT2D eigenvalue weighted by Gasteiger charge is 2.20. The Hall–Kier alpha value is -2.80. The fraction of sp³-hybridized carbons (Fsp3) is 0.176. The molecule has 0 amide bonds. The zero-order valence-corrected chi connectivity index (χ0v) is 11.3. The number of nitrogens with zero attached hydrogens (tertiary/aromatic N) is 1. The van der Waals surface area contributed by atoms with Crippen LogP contribution in [0.3, 0.4) is 0 Å². The first-order valence-electron chi connectivity index (χ1n) is 6.65. The molecule has 3 rings (SSSR count). The molecule has 21 heavy (non-hydrogen) atoms. The number of ether oxygens (including phenoxy) is 2. The summed E-state index contributed by atoms with van der Waals surface area (Å²) < 4.78 is 10.6. The van der Waals surface area contributed by atoms with E-state index >= 15 is 0 Å². The Balaban J connectivity index is 1.80. The number of Topliss-reactive ketones (excluding diaryl/α,β-unsaturated/α-hetero) is 1. The van der Waals surface area contributed by atoms with Crippen molar-refractivity contribution >= 4 is 5.78 Å². The highest BCUT2D eigenvalue weighted by atomic mass is 16.7. The molecule has 2 aromatic rings. The van der Waals surface area contributed by atoms with E-state index in [0.29, 0.717) is 17.1 Å². The normalized spacial score (nSPS) is 13.5. The Morgan fingerprint density at radius 3 is 2.67 bits per heavy atom. The molecule has 4 heteroatoms. The molecule has 1 aliphatic rings. The van der Waals surface area contributed by atoms with E-state index in [4.69, 9.17) is 9.47 Å². The summed E-state index contributed by atoms with van der Waals surface area (Å²) in [6.07, 6.45) is 0.153. The minimum absolute atomic E-state index is 0.0418. The third-order valence-electron chi connectivity index (χ3n) is 3.44. The summed E-state index contributed by atoms with van der Waals surface area (Å²) in [5.74, 6) is 0.761. The van der Waals surface area contributed by atoms with Crippen LogP contribution in [-0.2, 0) is 0 Å². The molecule has 0 N–H and O–H groups in total. The number of ketones is 1. The maximum atomic E-state index is 12.2. The van der Waals surface area contributed by atoms with Gasteiger partial charge in [-0.25, -0.2) is 0 Å². The molecule has 1 atom stereocenters. The van der Waals surface area contributed by atoms with E-state index in [2.05, 4.69) is 6.07 Å². The zero-order chi connectivity index (χ0) is 14.7. The van der Waals surface area contributed by atoms with Crippen molar-refractivity contribution in [3.05, 3.63) is 59.7 Å². The summed E-state index contributed by atoms with van der Waals surface area (Å²) in [5, 5.41) is 9.35. The van der Waals surface area contributed by atoms with Gasteiger partial charge in [0.25, 0.3) is 0 Å². The molecule has 1 heterocycles. The predicted molar refractivity (Wildman–Crippen MR) is 76.3 cm³/mol. The maximum absolute atomic E-state index is 12.2. The predicted octanol–water partition coefficient (Wildman–Crippen LogP) is 3.30. The number of rotatable bonds is 4. The van der Waals surface area contributed by atoms with Gasteiger partial charge in [-0.2, -0.15) is 5.26 Å². The van der Waals surface area contributed by atoms with Crippen molar-refractivity contribution in [3.63, 3.8) is 0 Å². The average molecular weight is 279 g/mol. The molecular formula is C17H13NO3. The molecule has 4 nitrogen and oxygen atoms in total. The molecule has 0 radical (unpaired) electrons. The number of benzene rings is 2. The van der Waals surface area contributed by atoms with Crippen LogP contribution >= 0.6 is 0 Å². The number of hydrogen-bond acceptors (Lipinski definition) is 4. The van der Waals surface area contributed by atoms with E-state index in [-0.39, 0.29) is 19.0 Å². The standard InChI is InChI=1S/C17H13NO3/c18-10-14(8-15(19)12-4-2-1-3-5-12)13-6-7-16-17(9-13)21-11-20-16/h1-7,9,14H,8,11H2/t14-/m1/s1. The van der Waals surface area contributed by atoms with Crippen LogP contribution in [0.5, 0.6) is 11.5 Å². The van der Waals surface area contributed by atoms with Crippen molar-refractivity contribution in [2.45, 2.75) is 12.3 Å². The Morgan fingerprint density at radius 2 is 1.90 bits per heavy atom. The maximum Gasteiger partial charge on any atom is 0.231 e. The fourth-order valence-corrected chi connectivity index (χ4v) is 2.30. The van der Waals surface area contributed by atoms with Gasteiger partial charge in [-0.3, -0.25) is 4.79 Å². The van der Waals surface area contributed by atoms with Gasteiger partial charge in [0, 0.05) is 12.0 Å². The van der Waals surface area contributed by atoms with Gasteiger partial charge in [-0.05, 0) is 17.7 Å². The lowest BCUT2D eigenvalue weighted by molar-refractivity contribution is 0.0979. The van der Waals surface area contributed by atoms with Gasteiger partial charge >= 0.3 is 0 Å². The second kappa shape index (κ2) is 5.68. The van der Waals surface area contributed by atoms with Gasteiger partial charge in [0.05, 0.1) is 12.0 Å². The molecule has 0 unspecified atom stereocenters. The largest absolute Gasteiger partial charge is 0.454 e. The quantitative estimate of drug-likeness (QED) is 0.806. The van der Waals surface area contributed by atoms with Crippen LogP contribution in [0, 0.1) is 11.3 Å². The highest BCUT2D eigenvalue weighted by Crippen LogP contribution is 2.35. The van der Waals surface area contributed by atoms with Gasteiger partial charge in [0.2, 0.25) is 6.79 Å². The summed E-state index contributed by atoms with van der Waals surface area (Å²) in [4.78, 5) is 12.2. The van der Waals surface area contributed by atoms with Gasteiger partial charge in [0.1, 0.15) is 0 Å². The monoisotopic (exact) mass is 279 g/mol. The van der Waals surface area contributed by atoms with Gasteiger partial charge in [-0.15, -0.1) is 0 Å². The van der Waals surface area contributed by atoms with Crippen molar-refractivity contribution in [3.8, 4) is 17.6 Å². The lowest BCUT2D eigenvalue weighted by Crippen LogP contribution is -2.06. The number of carbonyl (C=O) groups excluding carboxylic acids is 1. The van der Waals surface area contributed by atoms with Crippen LogP contribution in [0.15, 0.2) is 48.5 Å². The van der Waals surface area contributed by atoms with Crippen LogP contribution < -0.4 is 9.47 Å². The smallest absolute Gasteiger partial charge is 0.231 e. The number of fused-ring (bicyclic) bond motifs is 1. The van der Waals surface area contributed by atoms with Crippen molar-refractivity contribution in [2.75, 3.05) is 6.79 Å². The summed E-state index contributed by atoms with van der Waals surface area (Å²) >= 11 is 0. The van der Waals surface area contributed by atoms with Crippen molar-refractivity contribution in [1.82, 2.24) is 0 Å². The van der Waals surface area contributed by atoms with Crippen molar-refractivity contribution in [2.24, 2.45) is 0 Å². The SMILES string of the molecule is N#C[C@@H](CC(=O)c1ccccc1)c1ccc2c(c1)OCO2. The van der Waals surface area contributed by atoms with Gasteiger partial charge in [0.15, 0.2) is 17.3 Å². The van der Waals surface area contributed by atoms with Crippen LogP contribution in [0.1, 0.15) is 28.3 Å². The van der Waals surface area contributed by atoms with E-state index in [1.165, 1.54) is 0 Å². The Morgan fingerprint density at radius 1 is 1.14 bits per heavy atom. The van der Waals surface area contributed by atoms with Gasteiger partial charge < -0.3 is 9.47 Å². The summed E-state index contributed by atoms with van der Waals surface area (Å²) in [7, 11) is 0. The molecular weight excluding hydrogens is 266 g/mol. The van der Waals surface area contributed by atoms with E-state index in [9.17, 15) is 10.1 Å². The molecule has 0 saturated carbocycles. The first-order valence-corrected chi connectivity index (χ1v) is 6.65. The highest BCUT2D eigenvalue weighted by molar-refractivity contribution is 5.96. The zero-order valence-electron chi connectivity index (χ0n) is 11.3. The molecule has 0 spiro atoms. The number of hydrogen-bond donors (Lipinski definition) is 0. The average Bonchev–Trinajstić information content (AvgIpc) is 3.00. The number of nitriles is 1. The van der Waals surface area contributed by atoms with E-state index < -0.39 is 5.92 Å².